The number of carbonyl (C=O) groups is 1. The number of carboxylic acids is 1. The molecule has 0 aromatic heterocycles. The Labute approximate surface area is 64.8 Å². The summed E-state index contributed by atoms with van der Waals surface area (Å²) < 4.78 is 0. The van der Waals surface area contributed by atoms with Gasteiger partial charge in [0.1, 0.15) is 12.4 Å². The van der Waals surface area contributed by atoms with Crippen molar-refractivity contribution in [3.63, 3.8) is 0 Å². The van der Waals surface area contributed by atoms with Gasteiger partial charge in [-0.05, 0) is 13.0 Å². The van der Waals surface area contributed by atoms with Gasteiger partial charge in [-0.2, -0.15) is 0 Å². The Morgan fingerprint density at radius 3 is 2.91 bits per heavy atom. The predicted molar refractivity (Wildman–Crippen MR) is 41.5 cm³/mol. The summed E-state index contributed by atoms with van der Waals surface area (Å²) >= 11 is 0. The third kappa shape index (κ3) is 1.58. The molecule has 1 heterocycles. The summed E-state index contributed by atoms with van der Waals surface area (Å²) in [5, 5.41) is 8.66. The van der Waals surface area contributed by atoms with Crippen molar-refractivity contribution in [1.82, 2.24) is 4.90 Å². The van der Waals surface area contributed by atoms with Crippen LogP contribution in [0.2, 0.25) is 0 Å². The number of hydrogen-bond donors (Lipinski definition) is 1. The van der Waals surface area contributed by atoms with Crippen molar-refractivity contribution in [3.8, 4) is 0 Å². The van der Waals surface area contributed by atoms with E-state index in [9.17, 15) is 4.79 Å². The summed E-state index contributed by atoms with van der Waals surface area (Å²) in [6, 6.07) is 0. The highest BCUT2D eigenvalue weighted by atomic mass is 16.4. The van der Waals surface area contributed by atoms with Crippen LogP contribution in [0.25, 0.3) is 0 Å². The fraction of sp³-hybridized carbons (Fsp3) is 0.429. The molecule has 1 rings (SSSR count). The van der Waals surface area contributed by atoms with E-state index in [2.05, 4.69) is 4.99 Å². The Kier molecular flexibility index (Phi) is 1.94. The molecular formula is C7H10N2O2. The highest BCUT2D eigenvalue weighted by Gasteiger charge is 2.15. The van der Waals surface area contributed by atoms with E-state index in [1.54, 1.807) is 24.9 Å². The lowest BCUT2D eigenvalue weighted by Crippen LogP contribution is -2.27. The second-order valence-corrected chi connectivity index (χ2v) is 2.47. The van der Waals surface area contributed by atoms with Crippen LogP contribution in [0.4, 0.5) is 0 Å². The predicted octanol–water partition coefficient (Wildman–Crippen LogP) is 0.319. The summed E-state index contributed by atoms with van der Waals surface area (Å²) in [5.74, 6) is -0.901. The van der Waals surface area contributed by atoms with Crippen LogP contribution in [-0.2, 0) is 4.79 Å². The van der Waals surface area contributed by atoms with Crippen molar-refractivity contribution in [2.75, 3.05) is 13.7 Å². The first-order valence-corrected chi connectivity index (χ1v) is 3.28. The summed E-state index contributed by atoms with van der Waals surface area (Å²) in [4.78, 5) is 16.2. The molecular weight excluding hydrogens is 144 g/mol. The third-order valence-corrected chi connectivity index (χ3v) is 1.51. The minimum absolute atomic E-state index is 0.303. The normalized spacial score (nSPS) is 17.5. The number of nitrogens with zero attached hydrogens (tertiary/aromatic N) is 2. The van der Waals surface area contributed by atoms with Crippen LogP contribution in [0.3, 0.4) is 0 Å². The minimum Gasteiger partial charge on any atom is -0.477 e. The molecule has 0 bridgehead atoms. The number of allylic oxidation sites excluding steroid dienone is 1. The van der Waals surface area contributed by atoms with Crippen LogP contribution in [0.1, 0.15) is 6.92 Å². The van der Waals surface area contributed by atoms with Crippen molar-refractivity contribution in [2.45, 2.75) is 6.92 Å². The van der Waals surface area contributed by atoms with Crippen molar-refractivity contribution < 1.29 is 9.90 Å². The van der Waals surface area contributed by atoms with Crippen LogP contribution in [0, 0.1) is 0 Å². The van der Waals surface area contributed by atoms with E-state index in [0.717, 1.165) is 5.71 Å². The van der Waals surface area contributed by atoms with E-state index >= 15 is 0 Å². The number of aliphatic carboxylic acids is 1. The smallest absolute Gasteiger partial charge is 0.352 e. The van der Waals surface area contributed by atoms with Crippen LogP contribution < -0.4 is 0 Å². The second-order valence-electron chi connectivity index (χ2n) is 2.47. The molecule has 0 spiro atoms. The lowest BCUT2D eigenvalue weighted by molar-refractivity contribution is -0.134. The molecule has 0 saturated heterocycles. The Hall–Kier alpha value is -1.32. The average Bonchev–Trinajstić information content (AvgIpc) is 1.94. The van der Waals surface area contributed by atoms with Gasteiger partial charge in [0.2, 0.25) is 0 Å². The maximum Gasteiger partial charge on any atom is 0.352 e. The van der Waals surface area contributed by atoms with E-state index in [-0.39, 0.29) is 0 Å². The molecule has 0 unspecified atom stereocenters. The lowest BCUT2D eigenvalue weighted by atomic mass is 10.2. The Morgan fingerprint density at radius 1 is 1.82 bits per heavy atom. The van der Waals surface area contributed by atoms with Crippen LogP contribution >= 0.6 is 0 Å². The maximum atomic E-state index is 10.5. The monoisotopic (exact) mass is 154 g/mol. The first kappa shape index (κ1) is 7.78. The molecule has 4 heteroatoms. The van der Waals surface area contributed by atoms with E-state index in [1.165, 1.54) is 0 Å². The molecule has 1 aliphatic rings. The molecule has 0 radical (unpaired) electrons. The zero-order valence-electron chi connectivity index (χ0n) is 6.53. The molecule has 0 amide bonds. The standard InChI is InChI=1S/C7H10N2O2/c1-5-3-6(7(10)11)9(2)4-8-5/h3H,4H2,1-2H3,(H,10,11). The summed E-state index contributed by atoms with van der Waals surface area (Å²) in [7, 11) is 1.70. The second kappa shape index (κ2) is 2.74. The number of rotatable bonds is 1. The molecule has 0 atom stereocenters. The fourth-order valence-electron chi connectivity index (χ4n) is 0.872. The first-order valence-electron chi connectivity index (χ1n) is 3.28. The largest absolute Gasteiger partial charge is 0.477 e. The van der Waals surface area contributed by atoms with Crippen molar-refractivity contribution in [2.24, 2.45) is 4.99 Å². The highest BCUT2D eigenvalue weighted by Crippen LogP contribution is 2.07. The Morgan fingerprint density at radius 2 is 2.45 bits per heavy atom. The van der Waals surface area contributed by atoms with Gasteiger partial charge < -0.3 is 10.0 Å². The van der Waals surface area contributed by atoms with E-state index < -0.39 is 5.97 Å². The van der Waals surface area contributed by atoms with E-state index in [1.807, 2.05) is 0 Å². The van der Waals surface area contributed by atoms with Gasteiger partial charge in [0.15, 0.2) is 0 Å². The first-order chi connectivity index (χ1) is 5.11. The molecule has 0 fully saturated rings. The van der Waals surface area contributed by atoms with Gasteiger partial charge in [-0.25, -0.2) is 4.79 Å². The molecule has 1 aliphatic heterocycles. The molecule has 0 aromatic rings. The van der Waals surface area contributed by atoms with Crippen LogP contribution in [0.5, 0.6) is 0 Å². The van der Waals surface area contributed by atoms with Gasteiger partial charge in [0.05, 0.1) is 0 Å². The molecule has 0 saturated carbocycles. The van der Waals surface area contributed by atoms with Crippen molar-refractivity contribution >= 4 is 11.7 Å². The Balaban J connectivity index is 2.90. The van der Waals surface area contributed by atoms with E-state index in [4.69, 9.17) is 5.11 Å². The van der Waals surface area contributed by atoms with Gasteiger partial charge in [0.25, 0.3) is 0 Å². The number of carboxylic acid groups (broad SMARTS) is 1. The zero-order valence-corrected chi connectivity index (χ0v) is 6.53. The number of aliphatic imine (C=N–C) groups is 1. The third-order valence-electron chi connectivity index (χ3n) is 1.51. The molecule has 1 N–H and O–H groups in total. The summed E-state index contributed by atoms with van der Waals surface area (Å²) in [6.07, 6.45) is 1.56. The topological polar surface area (TPSA) is 52.9 Å². The number of hydrogen-bond acceptors (Lipinski definition) is 3. The lowest BCUT2D eigenvalue weighted by Gasteiger charge is -2.20. The zero-order chi connectivity index (χ0) is 8.43. The quantitative estimate of drug-likeness (QED) is 0.591. The van der Waals surface area contributed by atoms with E-state index in [0.29, 0.717) is 12.4 Å². The van der Waals surface area contributed by atoms with Crippen LogP contribution in [-0.4, -0.2) is 35.4 Å². The maximum absolute atomic E-state index is 10.5. The molecule has 4 nitrogen and oxygen atoms in total. The summed E-state index contributed by atoms with van der Waals surface area (Å²) in [6.45, 7) is 2.22. The molecule has 11 heavy (non-hydrogen) atoms. The molecule has 60 valence electrons. The fourth-order valence-corrected chi connectivity index (χ4v) is 0.872. The average molecular weight is 154 g/mol. The SMILES string of the molecule is CC1=NCN(C)C(C(=O)O)=C1. The minimum atomic E-state index is -0.901. The van der Waals surface area contributed by atoms with Crippen LogP contribution in [0.15, 0.2) is 16.8 Å². The van der Waals surface area contributed by atoms with Crippen molar-refractivity contribution in [3.05, 3.63) is 11.8 Å². The molecule has 0 aliphatic carbocycles. The van der Waals surface area contributed by atoms with Gasteiger partial charge in [-0.3, -0.25) is 4.99 Å². The van der Waals surface area contributed by atoms with Gasteiger partial charge in [-0.1, -0.05) is 0 Å². The van der Waals surface area contributed by atoms with Gasteiger partial charge >= 0.3 is 5.97 Å². The highest BCUT2D eigenvalue weighted by molar-refractivity contribution is 6.00. The molecule has 0 aromatic carbocycles. The van der Waals surface area contributed by atoms with Crippen molar-refractivity contribution in [1.29, 1.82) is 0 Å². The summed E-state index contributed by atoms with van der Waals surface area (Å²) in [5.41, 5.74) is 1.07. The number of likely N-dealkylation sites (N-methyl/N-ethyl adjacent to an activating group) is 1. The van der Waals surface area contributed by atoms with Gasteiger partial charge in [0, 0.05) is 12.8 Å². The Bertz CT molecular complexity index is 243. The van der Waals surface area contributed by atoms with Gasteiger partial charge in [-0.15, -0.1) is 0 Å².